The van der Waals surface area contributed by atoms with Gasteiger partial charge < -0.3 is 5.32 Å². The molecule has 1 aromatic carbocycles. The van der Waals surface area contributed by atoms with E-state index in [-0.39, 0.29) is 39.3 Å². The number of aromatic nitrogens is 2. The lowest BCUT2D eigenvalue weighted by Gasteiger charge is -2.31. The number of hydroxylamine groups is 1. The van der Waals surface area contributed by atoms with E-state index in [1.807, 2.05) is 0 Å². The van der Waals surface area contributed by atoms with Gasteiger partial charge in [0.25, 0.3) is 11.8 Å². The third kappa shape index (κ3) is 4.03. The molecule has 0 aliphatic carbocycles. The Morgan fingerprint density at radius 3 is 2.53 bits per heavy atom. The molecule has 2 aliphatic heterocycles. The predicted molar refractivity (Wildman–Crippen MR) is 108 cm³/mol. The lowest BCUT2D eigenvalue weighted by Crippen LogP contribution is -2.44. The van der Waals surface area contributed by atoms with E-state index in [4.69, 9.17) is 28.0 Å². The fourth-order valence-corrected chi connectivity index (χ4v) is 3.70. The molecule has 4 rings (SSSR count). The van der Waals surface area contributed by atoms with E-state index >= 15 is 0 Å². The highest BCUT2D eigenvalue weighted by Gasteiger charge is 2.58. The number of aliphatic imine (C=N–C) groups is 1. The summed E-state index contributed by atoms with van der Waals surface area (Å²) in [5.41, 5.74) is -0.187. The van der Waals surface area contributed by atoms with Crippen molar-refractivity contribution in [3.05, 3.63) is 57.6 Å². The Morgan fingerprint density at radius 2 is 1.94 bits per heavy atom. The fraction of sp³-hybridized carbons (Fsp3) is 0.316. The molecule has 2 unspecified atom stereocenters. The Bertz CT molecular complexity index is 1110. The number of alkyl halides is 3. The maximum Gasteiger partial charge on any atom is 0.400 e. The number of nitrogens with zero attached hydrogens (tertiary/aromatic N) is 3. The Hall–Kier alpha value is -2.76. The lowest BCUT2D eigenvalue weighted by molar-refractivity contribution is -0.183. The number of hydrogen-bond acceptors (Lipinski definition) is 6. The molecule has 0 bridgehead atoms. The molecular weight excluding hydrogens is 474 g/mol. The SMILES string of the molecule is O=C(NC1CONC1=O)c1cnc(C2=NCC(c3ccc(Cl)c(Cl)c3)(C(F)(F)F)C2)nc1. The molecule has 2 aliphatic rings. The summed E-state index contributed by atoms with van der Waals surface area (Å²) in [6.07, 6.45) is -2.82. The van der Waals surface area contributed by atoms with Crippen LogP contribution in [-0.2, 0) is 15.0 Å². The van der Waals surface area contributed by atoms with Crippen LogP contribution in [0.3, 0.4) is 0 Å². The maximum absolute atomic E-state index is 14.1. The first-order valence-electron chi connectivity index (χ1n) is 9.21. The van der Waals surface area contributed by atoms with Crippen LogP contribution in [0.2, 0.25) is 10.0 Å². The number of benzene rings is 1. The summed E-state index contributed by atoms with van der Waals surface area (Å²) in [6.45, 7) is -0.596. The number of carbonyl (C=O) groups excluding carboxylic acids is 2. The molecule has 1 fully saturated rings. The van der Waals surface area contributed by atoms with Crippen LogP contribution in [-0.4, -0.2) is 52.9 Å². The third-order valence-electron chi connectivity index (χ3n) is 5.24. The van der Waals surface area contributed by atoms with E-state index in [1.54, 1.807) is 0 Å². The average molecular weight is 488 g/mol. The highest BCUT2D eigenvalue weighted by molar-refractivity contribution is 6.42. The normalized spacial score (nSPS) is 23.1. The van der Waals surface area contributed by atoms with Crippen molar-refractivity contribution in [3.8, 4) is 0 Å². The number of carbonyl (C=O) groups is 2. The maximum atomic E-state index is 14.1. The summed E-state index contributed by atoms with van der Waals surface area (Å²) in [5.74, 6) is -1.16. The average Bonchev–Trinajstić information content (AvgIpc) is 3.38. The van der Waals surface area contributed by atoms with E-state index in [9.17, 15) is 22.8 Å². The summed E-state index contributed by atoms with van der Waals surface area (Å²) < 4.78 is 42.4. The first-order chi connectivity index (χ1) is 15.1. The first-order valence-corrected chi connectivity index (χ1v) is 9.97. The summed E-state index contributed by atoms with van der Waals surface area (Å²) in [6, 6.07) is 2.91. The van der Waals surface area contributed by atoms with Crippen LogP contribution in [0.1, 0.15) is 28.2 Å². The predicted octanol–water partition coefficient (Wildman–Crippen LogP) is 2.64. The van der Waals surface area contributed by atoms with Gasteiger partial charge in [-0.2, -0.15) is 13.2 Å². The van der Waals surface area contributed by atoms with E-state index in [1.165, 1.54) is 18.2 Å². The van der Waals surface area contributed by atoms with E-state index < -0.39 is 42.4 Å². The standard InChI is InChI=1S/C19H14Cl2F3N5O3/c20-11-2-1-10(3-12(11)21)18(19(22,23)24)4-13(27-8-18)15-25-5-9(6-26-15)16(30)28-14-7-32-29-17(14)31/h1-3,5-6,14H,4,7-8H2,(H,28,30)(H,29,31). The molecule has 1 aromatic heterocycles. The van der Waals surface area contributed by atoms with Gasteiger partial charge in [-0.15, -0.1) is 0 Å². The van der Waals surface area contributed by atoms with E-state index in [0.29, 0.717) is 0 Å². The quantitative estimate of drug-likeness (QED) is 0.689. The van der Waals surface area contributed by atoms with Gasteiger partial charge >= 0.3 is 6.18 Å². The van der Waals surface area contributed by atoms with Crippen molar-refractivity contribution < 1.29 is 27.6 Å². The van der Waals surface area contributed by atoms with Crippen molar-refractivity contribution in [2.75, 3.05) is 13.2 Å². The van der Waals surface area contributed by atoms with Crippen LogP contribution in [0.25, 0.3) is 0 Å². The minimum Gasteiger partial charge on any atom is -0.338 e. The molecule has 0 radical (unpaired) electrons. The Labute approximate surface area is 189 Å². The highest BCUT2D eigenvalue weighted by Crippen LogP contribution is 2.48. The van der Waals surface area contributed by atoms with Crippen molar-refractivity contribution in [2.45, 2.75) is 24.1 Å². The molecule has 168 valence electrons. The van der Waals surface area contributed by atoms with Crippen LogP contribution in [0.4, 0.5) is 13.2 Å². The van der Waals surface area contributed by atoms with Crippen LogP contribution in [0, 0.1) is 0 Å². The van der Waals surface area contributed by atoms with E-state index in [0.717, 1.165) is 12.4 Å². The molecule has 8 nitrogen and oxygen atoms in total. The largest absolute Gasteiger partial charge is 0.400 e. The van der Waals surface area contributed by atoms with Crippen LogP contribution in [0.5, 0.6) is 0 Å². The van der Waals surface area contributed by atoms with Crippen molar-refractivity contribution >= 4 is 40.7 Å². The molecule has 0 spiro atoms. The highest BCUT2D eigenvalue weighted by atomic mass is 35.5. The van der Waals surface area contributed by atoms with Gasteiger partial charge in [0.1, 0.15) is 18.1 Å². The third-order valence-corrected chi connectivity index (χ3v) is 5.98. The summed E-state index contributed by atoms with van der Waals surface area (Å²) in [5, 5.41) is 2.59. The van der Waals surface area contributed by atoms with Crippen LogP contribution in [0.15, 0.2) is 35.6 Å². The van der Waals surface area contributed by atoms with Gasteiger partial charge in [0.2, 0.25) is 0 Å². The van der Waals surface area contributed by atoms with E-state index in [2.05, 4.69) is 25.8 Å². The zero-order valence-corrected chi connectivity index (χ0v) is 17.6. The van der Waals surface area contributed by atoms with Gasteiger partial charge in [-0.1, -0.05) is 29.3 Å². The summed E-state index contributed by atoms with van der Waals surface area (Å²) >= 11 is 11.8. The zero-order chi connectivity index (χ0) is 23.1. The summed E-state index contributed by atoms with van der Waals surface area (Å²) in [7, 11) is 0. The zero-order valence-electron chi connectivity index (χ0n) is 16.0. The monoisotopic (exact) mass is 487 g/mol. The molecule has 2 aromatic rings. The Kier molecular flexibility index (Phi) is 5.82. The van der Waals surface area contributed by atoms with Gasteiger partial charge in [0.05, 0.1) is 27.9 Å². The van der Waals surface area contributed by atoms with Crippen molar-refractivity contribution in [1.82, 2.24) is 20.8 Å². The summed E-state index contributed by atoms with van der Waals surface area (Å²) in [4.78, 5) is 40.5. The lowest BCUT2D eigenvalue weighted by atomic mass is 9.77. The molecule has 13 heteroatoms. The Morgan fingerprint density at radius 1 is 1.22 bits per heavy atom. The minimum absolute atomic E-state index is 0.00852. The van der Waals surface area contributed by atoms with Gasteiger partial charge in [0.15, 0.2) is 5.82 Å². The number of hydrogen-bond donors (Lipinski definition) is 2. The van der Waals surface area contributed by atoms with Crippen molar-refractivity contribution in [3.63, 3.8) is 0 Å². The van der Waals surface area contributed by atoms with Crippen LogP contribution < -0.4 is 10.8 Å². The topological polar surface area (TPSA) is 106 Å². The molecule has 2 amide bonds. The second-order valence-electron chi connectivity index (χ2n) is 7.25. The molecule has 2 atom stereocenters. The number of nitrogens with one attached hydrogen (secondary N) is 2. The Balaban J connectivity index is 1.54. The number of halogens is 5. The van der Waals surface area contributed by atoms with Crippen molar-refractivity contribution in [2.24, 2.45) is 4.99 Å². The molecule has 32 heavy (non-hydrogen) atoms. The first kappa shape index (κ1) is 22.4. The second kappa shape index (κ2) is 8.30. The molecule has 1 saturated heterocycles. The number of rotatable bonds is 4. The molecular formula is C19H14Cl2F3N5O3. The smallest absolute Gasteiger partial charge is 0.338 e. The van der Waals surface area contributed by atoms with Gasteiger partial charge in [-0.25, -0.2) is 15.4 Å². The minimum atomic E-state index is -4.63. The van der Waals surface area contributed by atoms with Crippen molar-refractivity contribution in [1.29, 1.82) is 0 Å². The molecule has 3 heterocycles. The van der Waals surface area contributed by atoms with Gasteiger partial charge in [0, 0.05) is 18.8 Å². The van der Waals surface area contributed by atoms with Crippen LogP contribution >= 0.6 is 23.2 Å². The number of amides is 2. The second-order valence-corrected chi connectivity index (χ2v) is 8.06. The molecule has 2 N–H and O–H groups in total. The molecule has 0 saturated carbocycles. The fourth-order valence-electron chi connectivity index (χ4n) is 3.40. The van der Waals surface area contributed by atoms with Gasteiger partial charge in [-0.05, 0) is 17.7 Å². The van der Waals surface area contributed by atoms with Gasteiger partial charge in [-0.3, -0.25) is 19.4 Å².